The Morgan fingerprint density at radius 1 is 1.21 bits per heavy atom. The molecule has 128 valence electrons. The summed E-state index contributed by atoms with van der Waals surface area (Å²) in [6.45, 7) is 5.11. The molecule has 0 radical (unpaired) electrons. The van der Waals surface area contributed by atoms with Crippen LogP contribution in [0.5, 0.6) is 0 Å². The molecule has 4 rings (SSSR count). The number of aryl methyl sites for hydroxylation is 1. The standard InChI is InChI=1S/C19H24N2O3/c1-14-2-3-16(24-14)12-21-10-11-22-18-5-4-17(21)19(18)23-13-15-6-8-20-9-7-15/h2-3,6-9,17-19H,4-5,10-13H2,1H3/t17-,18-,19-/m0/s1. The zero-order valence-electron chi connectivity index (χ0n) is 14.1. The van der Waals surface area contributed by atoms with Gasteiger partial charge in [0.25, 0.3) is 0 Å². The van der Waals surface area contributed by atoms with Crippen molar-refractivity contribution in [1.29, 1.82) is 0 Å². The van der Waals surface area contributed by atoms with E-state index in [0.717, 1.165) is 49.6 Å². The first-order valence-corrected chi connectivity index (χ1v) is 8.71. The molecule has 2 bridgehead atoms. The fourth-order valence-electron chi connectivity index (χ4n) is 3.82. The average Bonchev–Trinajstić information content (AvgIpc) is 3.13. The second-order valence-electron chi connectivity index (χ2n) is 6.67. The van der Waals surface area contributed by atoms with Crippen LogP contribution in [0, 0.1) is 6.92 Å². The lowest BCUT2D eigenvalue weighted by Gasteiger charge is -2.30. The van der Waals surface area contributed by atoms with Crippen LogP contribution in [-0.2, 0) is 22.6 Å². The van der Waals surface area contributed by atoms with Crippen LogP contribution >= 0.6 is 0 Å². The summed E-state index contributed by atoms with van der Waals surface area (Å²) in [5.41, 5.74) is 1.15. The number of nitrogens with zero attached hydrogens (tertiary/aromatic N) is 2. The van der Waals surface area contributed by atoms with E-state index < -0.39 is 0 Å². The molecule has 2 aromatic rings. The summed E-state index contributed by atoms with van der Waals surface area (Å²) in [4.78, 5) is 6.52. The summed E-state index contributed by atoms with van der Waals surface area (Å²) in [6.07, 6.45) is 6.13. The summed E-state index contributed by atoms with van der Waals surface area (Å²) in [5.74, 6) is 1.98. The highest BCUT2D eigenvalue weighted by molar-refractivity contribution is 5.09. The van der Waals surface area contributed by atoms with Crippen molar-refractivity contribution in [2.45, 2.75) is 51.2 Å². The van der Waals surface area contributed by atoms with Gasteiger partial charge in [0.1, 0.15) is 11.5 Å². The van der Waals surface area contributed by atoms with Gasteiger partial charge >= 0.3 is 0 Å². The van der Waals surface area contributed by atoms with Crippen LogP contribution < -0.4 is 0 Å². The Labute approximate surface area is 142 Å². The second-order valence-corrected chi connectivity index (χ2v) is 6.67. The predicted octanol–water partition coefficient (Wildman–Crippen LogP) is 2.93. The largest absolute Gasteiger partial charge is 0.465 e. The maximum atomic E-state index is 6.28. The molecular weight excluding hydrogens is 304 g/mol. The van der Waals surface area contributed by atoms with Crippen LogP contribution in [0.1, 0.15) is 29.9 Å². The number of fused-ring (bicyclic) bond motifs is 2. The number of hydrogen-bond donors (Lipinski definition) is 0. The van der Waals surface area contributed by atoms with Crippen molar-refractivity contribution in [3.63, 3.8) is 0 Å². The molecule has 2 aromatic heterocycles. The van der Waals surface area contributed by atoms with E-state index in [2.05, 4.69) is 16.0 Å². The maximum absolute atomic E-state index is 6.28. The lowest BCUT2D eigenvalue weighted by atomic mass is 10.1. The Kier molecular flexibility index (Phi) is 4.65. The van der Waals surface area contributed by atoms with E-state index in [0.29, 0.717) is 12.6 Å². The van der Waals surface area contributed by atoms with Gasteiger partial charge in [-0.1, -0.05) is 0 Å². The highest BCUT2D eigenvalue weighted by Crippen LogP contribution is 2.33. The second kappa shape index (κ2) is 7.05. The fourth-order valence-corrected chi connectivity index (χ4v) is 3.82. The third-order valence-electron chi connectivity index (χ3n) is 5.02. The molecule has 1 aliphatic carbocycles. The van der Waals surface area contributed by atoms with Crippen LogP contribution in [0.2, 0.25) is 0 Å². The molecule has 24 heavy (non-hydrogen) atoms. The van der Waals surface area contributed by atoms with Gasteiger partial charge in [0.2, 0.25) is 0 Å². The molecule has 2 fully saturated rings. The molecule has 0 spiro atoms. The Morgan fingerprint density at radius 2 is 2.08 bits per heavy atom. The van der Waals surface area contributed by atoms with Gasteiger partial charge in [0.15, 0.2) is 0 Å². The Bertz CT molecular complexity index is 658. The Hall–Kier alpha value is -1.69. The van der Waals surface area contributed by atoms with Crippen molar-refractivity contribution < 1.29 is 13.9 Å². The van der Waals surface area contributed by atoms with Crippen molar-refractivity contribution in [2.75, 3.05) is 13.2 Å². The zero-order chi connectivity index (χ0) is 16.4. The molecule has 0 aromatic carbocycles. The van der Waals surface area contributed by atoms with Gasteiger partial charge in [-0.05, 0) is 49.6 Å². The monoisotopic (exact) mass is 328 g/mol. The van der Waals surface area contributed by atoms with E-state index in [9.17, 15) is 0 Å². The van der Waals surface area contributed by atoms with E-state index in [1.54, 1.807) is 0 Å². The smallest absolute Gasteiger partial charge is 0.118 e. The van der Waals surface area contributed by atoms with Gasteiger partial charge in [-0.25, -0.2) is 0 Å². The van der Waals surface area contributed by atoms with Crippen molar-refractivity contribution in [3.8, 4) is 0 Å². The van der Waals surface area contributed by atoms with Gasteiger partial charge in [-0.3, -0.25) is 9.88 Å². The first-order valence-electron chi connectivity index (χ1n) is 8.71. The number of ether oxygens (including phenoxy) is 2. The average molecular weight is 328 g/mol. The van der Waals surface area contributed by atoms with Crippen molar-refractivity contribution in [2.24, 2.45) is 0 Å². The molecule has 0 N–H and O–H groups in total. The zero-order valence-corrected chi connectivity index (χ0v) is 14.1. The maximum Gasteiger partial charge on any atom is 0.118 e. The van der Waals surface area contributed by atoms with Gasteiger partial charge < -0.3 is 13.9 Å². The summed E-state index contributed by atoms with van der Waals surface area (Å²) in [5, 5.41) is 0. The summed E-state index contributed by atoms with van der Waals surface area (Å²) in [6, 6.07) is 8.50. The number of hydrogen-bond acceptors (Lipinski definition) is 5. The minimum Gasteiger partial charge on any atom is -0.465 e. The minimum absolute atomic E-state index is 0.122. The molecule has 3 atom stereocenters. The SMILES string of the molecule is Cc1ccc(CN2CCO[C@H]3CC[C@H]2[C@@H]3OCc2ccncc2)o1. The quantitative estimate of drug-likeness (QED) is 0.844. The molecule has 2 aliphatic rings. The molecule has 1 saturated carbocycles. The van der Waals surface area contributed by atoms with E-state index >= 15 is 0 Å². The Balaban J connectivity index is 1.45. The van der Waals surface area contributed by atoms with Gasteiger partial charge in [0.05, 0.1) is 32.0 Å². The van der Waals surface area contributed by atoms with E-state index in [-0.39, 0.29) is 12.2 Å². The van der Waals surface area contributed by atoms with Gasteiger partial charge in [-0.2, -0.15) is 0 Å². The first-order chi connectivity index (χ1) is 11.8. The topological polar surface area (TPSA) is 47.7 Å². The van der Waals surface area contributed by atoms with Gasteiger partial charge in [-0.15, -0.1) is 0 Å². The number of rotatable bonds is 5. The van der Waals surface area contributed by atoms with Crippen LogP contribution in [0.15, 0.2) is 41.1 Å². The molecule has 0 amide bonds. The van der Waals surface area contributed by atoms with E-state index in [1.807, 2.05) is 37.5 Å². The predicted molar refractivity (Wildman–Crippen MR) is 89.4 cm³/mol. The molecule has 3 heterocycles. The number of pyridine rings is 1. The molecule has 1 saturated heterocycles. The lowest BCUT2D eigenvalue weighted by molar-refractivity contribution is -0.0616. The summed E-state index contributed by atoms with van der Waals surface area (Å²) >= 11 is 0. The molecular formula is C19H24N2O3. The molecule has 5 heteroatoms. The van der Waals surface area contributed by atoms with Gasteiger partial charge in [0, 0.05) is 25.0 Å². The molecule has 5 nitrogen and oxygen atoms in total. The summed E-state index contributed by atoms with van der Waals surface area (Å²) in [7, 11) is 0. The molecule has 0 unspecified atom stereocenters. The normalized spacial score (nSPS) is 27.3. The van der Waals surface area contributed by atoms with Crippen LogP contribution in [0.4, 0.5) is 0 Å². The lowest BCUT2D eigenvalue weighted by Crippen LogP contribution is -2.42. The van der Waals surface area contributed by atoms with Crippen LogP contribution in [0.3, 0.4) is 0 Å². The fraction of sp³-hybridized carbons (Fsp3) is 0.526. The van der Waals surface area contributed by atoms with E-state index in [4.69, 9.17) is 13.9 Å². The molecule has 1 aliphatic heterocycles. The third-order valence-corrected chi connectivity index (χ3v) is 5.02. The first kappa shape index (κ1) is 15.8. The van der Waals surface area contributed by atoms with E-state index in [1.165, 1.54) is 0 Å². The van der Waals surface area contributed by atoms with Crippen molar-refractivity contribution in [1.82, 2.24) is 9.88 Å². The van der Waals surface area contributed by atoms with Crippen molar-refractivity contribution >= 4 is 0 Å². The Morgan fingerprint density at radius 3 is 2.88 bits per heavy atom. The third kappa shape index (κ3) is 3.38. The van der Waals surface area contributed by atoms with Crippen LogP contribution in [0.25, 0.3) is 0 Å². The summed E-state index contributed by atoms with van der Waals surface area (Å²) < 4.78 is 18.1. The number of aromatic nitrogens is 1. The minimum atomic E-state index is 0.122. The highest BCUT2D eigenvalue weighted by Gasteiger charge is 2.43. The van der Waals surface area contributed by atoms with Crippen molar-refractivity contribution in [3.05, 3.63) is 53.7 Å². The van der Waals surface area contributed by atoms with Crippen LogP contribution in [-0.4, -0.2) is 41.3 Å². The highest BCUT2D eigenvalue weighted by atomic mass is 16.5. The number of furan rings is 1.